The molecular weight excluding hydrogens is 324 g/mol. The van der Waals surface area contributed by atoms with Gasteiger partial charge in [0.15, 0.2) is 10.4 Å². The molecule has 2 amide bonds. The molecule has 1 fully saturated rings. The van der Waals surface area contributed by atoms with E-state index in [1.165, 1.54) is 0 Å². The Bertz CT molecular complexity index is 510. The Kier molecular flexibility index (Phi) is 4.52. The van der Waals surface area contributed by atoms with E-state index in [4.69, 9.17) is 4.42 Å². The van der Waals surface area contributed by atoms with Crippen LogP contribution in [0.5, 0.6) is 0 Å². The van der Waals surface area contributed by atoms with Gasteiger partial charge in [-0.3, -0.25) is 9.59 Å². The van der Waals surface area contributed by atoms with Crippen molar-refractivity contribution >= 4 is 27.7 Å². The molecule has 0 radical (unpaired) electrons. The van der Waals surface area contributed by atoms with Gasteiger partial charge < -0.3 is 15.1 Å². The Balaban J connectivity index is 1.74. The number of rotatable bonds is 4. The molecule has 1 unspecified atom stereocenters. The average Bonchev–Trinajstić information content (AvgIpc) is 2.92. The molecular formula is C14H19BrN2O3. The molecule has 5 nitrogen and oxygen atoms in total. The van der Waals surface area contributed by atoms with E-state index in [0.717, 1.165) is 19.3 Å². The number of hydrogen-bond donors (Lipinski definition) is 2. The summed E-state index contributed by atoms with van der Waals surface area (Å²) in [4.78, 5) is 23.5. The lowest BCUT2D eigenvalue weighted by Gasteiger charge is -2.17. The van der Waals surface area contributed by atoms with E-state index in [9.17, 15) is 9.59 Å². The first-order chi connectivity index (χ1) is 9.35. The zero-order chi connectivity index (χ0) is 14.8. The third kappa shape index (κ3) is 4.10. The highest BCUT2D eigenvalue weighted by Gasteiger charge is 2.31. The molecule has 20 heavy (non-hydrogen) atoms. The molecule has 1 aromatic rings. The van der Waals surface area contributed by atoms with Crippen LogP contribution < -0.4 is 10.6 Å². The van der Waals surface area contributed by atoms with Crippen LogP contribution >= 0.6 is 15.9 Å². The first kappa shape index (κ1) is 15.1. The van der Waals surface area contributed by atoms with E-state index >= 15 is 0 Å². The van der Waals surface area contributed by atoms with Gasteiger partial charge in [0.1, 0.15) is 0 Å². The minimum Gasteiger partial charge on any atom is -0.444 e. The normalized spacial score (nSPS) is 20.6. The van der Waals surface area contributed by atoms with Crippen molar-refractivity contribution in [2.75, 3.05) is 6.54 Å². The highest BCUT2D eigenvalue weighted by atomic mass is 79.9. The molecule has 1 saturated carbocycles. The fourth-order valence-corrected chi connectivity index (χ4v) is 2.83. The maximum atomic E-state index is 11.8. The first-order valence-electron chi connectivity index (χ1n) is 6.69. The zero-order valence-electron chi connectivity index (χ0n) is 11.7. The Hall–Kier alpha value is -1.30. The van der Waals surface area contributed by atoms with E-state index in [0.29, 0.717) is 10.1 Å². The third-order valence-corrected chi connectivity index (χ3v) is 3.97. The minimum absolute atomic E-state index is 0.0336. The molecule has 1 heterocycles. The van der Waals surface area contributed by atoms with Crippen molar-refractivity contribution in [3.05, 3.63) is 22.6 Å². The van der Waals surface area contributed by atoms with Gasteiger partial charge in [-0.2, -0.15) is 0 Å². The molecule has 0 saturated heterocycles. The first-order valence-corrected chi connectivity index (χ1v) is 7.48. The largest absolute Gasteiger partial charge is 0.444 e. The van der Waals surface area contributed by atoms with E-state index in [1.807, 2.05) is 0 Å². The number of amides is 2. The fraction of sp³-hybridized carbons (Fsp3) is 0.571. The van der Waals surface area contributed by atoms with Crippen LogP contribution in [0.2, 0.25) is 0 Å². The Labute approximate surface area is 126 Å². The maximum Gasteiger partial charge on any atom is 0.287 e. The summed E-state index contributed by atoms with van der Waals surface area (Å²) in [6.07, 6.45) is 3.10. The lowest BCUT2D eigenvalue weighted by molar-refractivity contribution is -0.120. The summed E-state index contributed by atoms with van der Waals surface area (Å²) in [6.45, 7) is 4.37. The Morgan fingerprint density at radius 2 is 2.20 bits per heavy atom. The van der Waals surface area contributed by atoms with E-state index in [-0.39, 0.29) is 24.3 Å². The summed E-state index contributed by atoms with van der Waals surface area (Å²) in [5, 5.41) is 5.49. The standard InChI is InChI=1S/C14H19BrN2O3/c1-14(2)6-5-9(7-14)17-12(18)8-16-13(19)10-3-4-11(15)20-10/h3-4,9H,5-8H2,1-2H3,(H,16,19)(H,17,18). The molecule has 1 aliphatic rings. The number of furan rings is 1. The predicted octanol–water partition coefficient (Wildman–Crippen LogP) is 2.47. The minimum atomic E-state index is -0.391. The van der Waals surface area contributed by atoms with Crippen molar-refractivity contribution in [2.24, 2.45) is 5.41 Å². The second-order valence-corrected chi connectivity index (χ2v) is 6.74. The second kappa shape index (κ2) is 5.99. The average molecular weight is 343 g/mol. The topological polar surface area (TPSA) is 71.3 Å². The van der Waals surface area contributed by atoms with Crippen molar-refractivity contribution in [3.63, 3.8) is 0 Å². The van der Waals surface area contributed by atoms with Crippen LogP contribution in [0.3, 0.4) is 0 Å². The molecule has 1 atom stereocenters. The van der Waals surface area contributed by atoms with Gasteiger partial charge in [0.2, 0.25) is 5.91 Å². The Morgan fingerprint density at radius 3 is 2.75 bits per heavy atom. The molecule has 6 heteroatoms. The molecule has 2 N–H and O–H groups in total. The van der Waals surface area contributed by atoms with Crippen molar-refractivity contribution in [3.8, 4) is 0 Å². The van der Waals surface area contributed by atoms with Crippen LogP contribution in [0.15, 0.2) is 21.2 Å². The van der Waals surface area contributed by atoms with Crippen LogP contribution in [-0.2, 0) is 4.79 Å². The van der Waals surface area contributed by atoms with Crippen LogP contribution in [-0.4, -0.2) is 24.4 Å². The molecule has 1 aliphatic carbocycles. The van der Waals surface area contributed by atoms with E-state index < -0.39 is 5.91 Å². The highest BCUT2D eigenvalue weighted by molar-refractivity contribution is 9.10. The summed E-state index contributed by atoms with van der Waals surface area (Å²) in [5.74, 6) is -0.365. The molecule has 0 aliphatic heterocycles. The quantitative estimate of drug-likeness (QED) is 0.882. The fourth-order valence-electron chi connectivity index (χ4n) is 2.52. The van der Waals surface area contributed by atoms with Gasteiger partial charge in [-0.15, -0.1) is 0 Å². The molecule has 0 aromatic carbocycles. The molecule has 0 spiro atoms. The van der Waals surface area contributed by atoms with Crippen LogP contribution in [0, 0.1) is 5.41 Å². The molecule has 0 bridgehead atoms. The van der Waals surface area contributed by atoms with Crippen molar-refractivity contribution in [2.45, 2.75) is 39.2 Å². The van der Waals surface area contributed by atoms with Gasteiger partial charge in [-0.1, -0.05) is 13.8 Å². The van der Waals surface area contributed by atoms with Gasteiger partial charge in [0.05, 0.1) is 6.54 Å². The number of carbonyl (C=O) groups excluding carboxylic acids is 2. The monoisotopic (exact) mass is 342 g/mol. The number of halogens is 1. The molecule has 2 rings (SSSR count). The van der Waals surface area contributed by atoms with Crippen molar-refractivity contribution in [1.29, 1.82) is 0 Å². The predicted molar refractivity (Wildman–Crippen MR) is 78.3 cm³/mol. The Morgan fingerprint density at radius 1 is 1.45 bits per heavy atom. The summed E-state index contributed by atoms with van der Waals surface area (Å²) < 4.78 is 5.60. The van der Waals surface area contributed by atoms with Gasteiger partial charge >= 0.3 is 0 Å². The van der Waals surface area contributed by atoms with Gasteiger partial charge in [0, 0.05) is 6.04 Å². The lowest BCUT2D eigenvalue weighted by Crippen LogP contribution is -2.41. The molecule has 1 aromatic heterocycles. The van der Waals surface area contributed by atoms with E-state index in [1.54, 1.807) is 12.1 Å². The molecule has 110 valence electrons. The summed E-state index contributed by atoms with van der Waals surface area (Å²) in [5.41, 5.74) is 0.293. The summed E-state index contributed by atoms with van der Waals surface area (Å²) in [7, 11) is 0. The lowest BCUT2D eigenvalue weighted by atomic mass is 9.92. The summed E-state index contributed by atoms with van der Waals surface area (Å²) in [6, 6.07) is 3.40. The van der Waals surface area contributed by atoms with Gasteiger partial charge in [0.25, 0.3) is 5.91 Å². The zero-order valence-corrected chi connectivity index (χ0v) is 13.2. The van der Waals surface area contributed by atoms with Crippen molar-refractivity contribution in [1.82, 2.24) is 10.6 Å². The van der Waals surface area contributed by atoms with E-state index in [2.05, 4.69) is 40.4 Å². The summed E-state index contributed by atoms with van der Waals surface area (Å²) >= 11 is 3.12. The SMILES string of the molecule is CC1(C)CCC(NC(=O)CNC(=O)c2ccc(Br)o2)C1. The van der Waals surface area contributed by atoms with Gasteiger partial charge in [-0.25, -0.2) is 0 Å². The van der Waals surface area contributed by atoms with Gasteiger partial charge in [-0.05, 0) is 52.7 Å². The van der Waals surface area contributed by atoms with Crippen LogP contribution in [0.25, 0.3) is 0 Å². The van der Waals surface area contributed by atoms with Crippen molar-refractivity contribution < 1.29 is 14.0 Å². The number of carbonyl (C=O) groups is 2. The maximum absolute atomic E-state index is 11.8. The third-order valence-electron chi connectivity index (χ3n) is 3.54. The van der Waals surface area contributed by atoms with Crippen LogP contribution in [0.1, 0.15) is 43.7 Å². The smallest absolute Gasteiger partial charge is 0.287 e. The van der Waals surface area contributed by atoms with Crippen LogP contribution in [0.4, 0.5) is 0 Å². The second-order valence-electron chi connectivity index (χ2n) is 5.96. The highest BCUT2D eigenvalue weighted by Crippen LogP contribution is 2.36. The number of nitrogens with one attached hydrogen (secondary N) is 2. The number of hydrogen-bond acceptors (Lipinski definition) is 3.